The number of benzene rings is 1. The molecule has 1 aromatic carbocycles. The summed E-state index contributed by atoms with van der Waals surface area (Å²) in [6.07, 6.45) is 1.73. The van der Waals surface area contributed by atoms with Gasteiger partial charge >= 0.3 is 5.97 Å². The van der Waals surface area contributed by atoms with Gasteiger partial charge in [-0.05, 0) is 40.8 Å². The second-order valence-corrected chi connectivity index (χ2v) is 5.34. The normalized spacial score (nSPS) is 10.2. The molecule has 88 valence electrons. The van der Waals surface area contributed by atoms with Crippen molar-refractivity contribution in [3.63, 3.8) is 0 Å². The summed E-state index contributed by atoms with van der Waals surface area (Å²) >= 11 is 3.62. The zero-order valence-corrected chi connectivity index (χ0v) is 11.6. The molecule has 6 heteroatoms. The average Bonchev–Trinajstić information content (AvgIpc) is 2.80. The fraction of sp³-hybridized carbons (Fsp3) is 0.0909. The number of aromatic carboxylic acids is 1. The average molecular weight is 361 g/mol. The van der Waals surface area contributed by atoms with Crippen molar-refractivity contribution in [2.75, 3.05) is 0 Å². The molecule has 0 aliphatic rings. The van der Waals surface area contributed by atoms with E-state index in [0.717, 1.165) is 8.45 Å². The van der Waals surface area contributed by atoms with E-state index in [9.17, 15) is 4.79 Å². The molecule has 4 nitrogen and oxygen atoms in total. The Labute approximate surface area is 115 Å². The first-order valence-electron chi connectivity index (χ1n) is 4.70. The third-order valence-electron chi connectivity index (χ3n) is 2.03. The van der Waals surface area contributed by atoms with Crippen LogP contribution in [0.3, 0.4) is 0 Å². The van der Waals surface area contributed by atoms with Crippen LogP contribution < -0.4 is 4.74 Å². The molecule has 17 heavy (non-hydrogen) atoms. The number of nitrogens with zero attached hydrogens (tertiary/aromatic N) is 1. The molecule has 0 bridgehead atoms. The molecule has 0 amide bonds. The summed E-state index contributed by atoms with van der Waals surface area (Å²) in [4.78, 5) is 15.8. The molecule has 2 rings (SSSR count). The standard InChI is InChI=1S/C11H8INO3S/c12-9-2-1-7(11(14)15)3-10(9)16-5-8-4-13-6-17-8/h1-4,6H,5H2,(H,14,15). The van der Waals surface area contributed by atoms with Crippen molar-refractivity contribution in [3.05, 3.63) is 43.9 Å². The van der Waals surface area contributed by atoms with Crippen molar-refractivity contribution < 1.29 is 14.6 Å². The van der Waals surface area contributed by atoms with Crippen LogP contribution in [0.15, 0.2) is 29.9 Å². The van der Waals surface area contributed by atoms with Crippen LogP contribution >= 0.6 is 33.9 Å². The Balaban J connectivity index is 2.14. The van der Waals surface area contributed by atoms with E-state index in [4.69, 9.17) is 9.84 Å². The second-order valence-electron chi connectivity index (χ2n) is 3.21. The lowest BCUT2D eigenvalue weighted by Gasteiger charge is -2.07. The molecule has 0 spiro atoms. The minimum atomic E-state index is -0.955. The first-order chi connectivity index (χ1) is 8.16. The van der Waals surface area contributed by atoms with E-state index in [2.05, 4.69) is 27.6 Å². The second kappa shape index (κ2) is 5.46. The van der Waals surface area contributed by atoms with Crippen molar-refractivity contribution >= 4 is 39.9 Å². The molecule has 0 saturated carbocycles. The molecule has 0 radical (unpaired) electrons. The predicted octanol–water partition coefficient (Wildman–Crippen LogP) is 3.02. The quantitative estimate of drug-likeness (QED) is 0.851. The van der Waals surface area contributed by atoms with Crippen LogP contribution in [0.2, 0.25) is 0 Å². The number of carbonyl (C=O) groups is 1. The smallest absolute Gasteiger partial charge is 0.335 e. The van der Waals surface area contributed by atoms with Gasteiger partial charge in [0.05, 0.1) is 19.5 Å². The van der Waals surface area contributed by atoms with Gasteiger partial charge < -0.3 is 9.84 Å². The van der Waals surface area contributed by atoms with E-state index in [0.29, 0.717) is 12.4 Å². The molecule has 1 aromatic heterocycles. The van der Waals surface area contributed by atoms with Gasteiger partial charge in [-0.25, -0.2) is 4.79 Å². The van der Waals surface area contributed by atoms with Crippen molar-refractivity contribution in [3.8, 4) is 5.75 Å². The fourth-order valence-electron chi connectivity index (χ4n) is 1.21. The van der Waals surface area contributed by atoms with Crippen molar-refractivity contribution in [1.29, 1.82) is 0 Å². The zero-order valence-electron chi connectivity index (χ0n) is 8.59. The van der Waals surface area contributed by atoms with Crippen LogP contribution in [0.25, 0.3) is 0 Å². The first-order valence-corrected chi connectivity index (χ1v) is 6.65. The third-order valence-corrected chi connectivity index (χ3v) is 3.68. The highest BCUT2D eigenvalue weighted by Crippen LogP contribution is 2.23. The number of carboxylic acid groups (broad SMARTS) is 1. The Hall–Kier alpha value is -1.15. The Kier molecular flexibility index (Phi) is 3.95. The van der Waals surface area contributed by atoms with Gasteiger partial charge in [-0.1, -0.05) is 0 Å². The predicted molar refractivity (Wildman–Crippen MR) is 72.6 cm³/mol. The largest absolute Gasteiger partial charge is 0.487 e. The van der Waals surface area contributed by atoms with Gasteiger partial charge in [0.15, 0.2) is 0 Å². The van der Waals surface area contributed by atoms with Crippen molar-refractivity contribution in [2.45, 2.75) is 6.61 Å². The maximum Gasteiger partial charge on any atom is 0.335 e. The van der Waals surface area contributed by atoms with E-state index in [1.165, 1.54) is 17.4 Å². The van der Waals surface area contributed by atoms with E-state index >= 15 is 0 Å². The number of hydrogen-bond acceptors (Lipinski definition) is 4. The Morgan fingerprint density at radius 1 is 1.53 bits per heavy atom. The summed E-state index contributed by atoms with van der Waals surface area (Å²) in [7, 11) is 0. The lowest BCUT2D eigenvalue weighted by atomic mass is 10.2. The maximum atomic E-state index is 10.8. The van der Waals surface area contributed by atoms with E-state index in [1.807, 2.05) is 0 Å². The number of ether oxygens (including phenoxy) is 1. The van der Waals surface area contributed by atoms with Crippen LogP contribution in [-0.2, 0) is 6.61 Å². The number of rotatable bonds is 4. The lowest BCUT2D eigenvalue weighted by Crippen LogP contribution is -2.00. The lowest BCUT2D eigenvalue weighted by molar-refractivity contribution is 0.0696. The minimum absolute atomic E-state index is 0.227. The first kappa shape index (κ1) is 12.3. The van der Waals surface area contributed by atoms with E-state index in [1.54, 1.807) is 23.8 Å². The van der Waals surface area contributed by atoms with E-state index < -0.39 is 5.97 Å². The zero-order chi connectivity index (χ0) is 12.3. The van der Waals surface area contributed by atoms with Crippen LogP contribution in [0.1, 0.15) is 15.2 Å². The summed E-state index contributed by atoms with van der Waals surface area (Å²) in [5.41, 5.74) is 1.96. The molecule has 2 aromatic rings. The number of hydrogen-bond donors (Lipinski definition) is 1. The molecule has 0 fully saturated rings. The highest BCUT2D eigenvalue weighted by atomic mass is 127. The van der Waals surface area contributed by atoms with Gasteiger partial charge in [0.25, 0.3) is 0 Å². The highest BCUT2D eigenvalue weighted by Gasteiger charge is 2.08. The number of aromatic nitrogens is 1. The van der Waals surface area contributed by atoms with Crippen LogP contribution in [0.4, 0.5) is 0 Å². The maximum absolute atomic E-state index is 10.8. The third kappa shape index (κ3) is 3.16. The highest BCUT2D eigenvalue weighted by molar-refractivity contribution is 14.1. The monoisotopic (exact) mass is 361 g/mol. The summed E-state index contributed by atoms with van der Waals surface area (Å²) in [5, 5.41) is 8.89. The van der Waals surface area contributed by atoms with Crippen LogP contribution in [0.5, 0.6) is 5.75 Å². The SMILES string of the molecule is O=C(O)c1ccc(I)c(OCc2cncs2)c1. The Bertz CT molecular complexity index is 528. The number of thiazole rings is 1. The van der Waals surface area contributed by atoms with Gasteiger partial charge in [-0.15, -0.1) is 11.3 Å². The molecule has 0 unspecified atom stereocenters. The molecule has 0 aliphatic heterocycles. The summed E-state index contributed by atoms with van der Waals surface area (Å²) in [6.45, 7) is 0.406. The van der Waals surface area contributed by atoms with Crippen LogP contribution in [0, 0.1) is 3.57 Å². The molecular formula is C11H8INO3S. The fourth-order valence-corrected chi connectivity index (χ4v) is 2.21. The van der Waals surface area contributed by atoms with Crippen molar-refractivity contribution in [1.82, 2.24) is 4.98 Å². The van der Waals surface area contributed by atoms with Crippen LogP contribution in [-0.4, -0.2) is 16.1 Å². The van der Waals surface area contributed by atoms with Crippen molar-refractivity contribution in [2.24, 2.45) is 0 Å². The van der Waals surface area contributed by atoms with Gasteiger partial charge in [0.2, 0.25) is 0 Å². The van der Waals surface area contributed by atoms with E-state index in [-0.39, 0.29) is 5.56 Å². The molecule has 0 atom stereocenters. The Morgan fingerprint density at radius 3 is 3.00 bits per heavy atom. The molecule has 0 saturated heterocycles. The summed E-state index contributed by atoms with van der Waals surface area (Å²) in [5.74, 6) is -0.372. The molecule has 0 aliphatic carbocycles. The topological polar surface area (TPSA) is 59.4 Å². The Morgan fingerprint density at radius 2 is 2.35 bits per heavy atom. The summed E-state index contributed by atoms with van der Waals surface area (Å²) in [6, 6.07) is 4.82. The van der Waals surface area contributed by atoms with Gasteiger partial charge in [-0.3, -0.25) is 4.98 Å². The molecular weight excluding hydrogens is 353 g/mol. The minimum Gasteiger partial charge on any atom is -0.487 e. The number of halogens is 1. The molecule has 1 heterocycles. The number of carboxylic acids is 1. The van der Waals surface area contributed by atoms with Gasteiger partial charge in [0, 0.05) is 6.20 Å². The van der Waals surface area contributed by atoms with Gasteiger partial charge in [-0.2, -0.15) is 0 Å². The van der Waals surface area contributed by atoms with Gasteiger partial charge in [0.1, 0.15) is 12.4 Å². The summed E-state index contributed by atoms with van der Waals surface area (Å²) < 4.78 is 6.46. The molecule has 1 N–H and O–H groups in total.